The maximum absolute atomic E-state index is 14.9. The molecule has 3 aromatic rings. The maximum Gasteiger partial charge on any atom is 0.321 e. The number of halogens is 3. The fourth-order valence-corrected chi connectivity index (χ4v) is 4.00. The van der Waals surface area contributed by atoms with Crippen LogP contribution in [0, 0.1) is 5.82 Å². The average Bonchev–Trinajstić information content (AvgIpc) is 3.26. The first-order valence-electron chi connectivity index (χ1n) is 9.86. The summed E-state index contributed by atoms with van der Waals surface area (Å²) >= 11 is 0. The van der Waals surface area contributed by atoms with E-state index in [0.29, 0.717) is 18.4 Å². The summed E-state index contributed by atoms with van der Waals surface area (Å²) in [7, 11) is 3.18. The monoisotopic (exact) mass is 446 g/mol. The molecule has 7 nitrogen and oxygen atoms in total. The average molecular weight is 446 g/mol. The first kappa shape index (κ1) is 21.7. The van der Waals surface area contributed by atoms with Gasteiger partial charge in [-0.05, 0) is 36.4 Å². The highest BCUT2D eigenvalue weighted by Crippen LogP contribution is 2.40. The second kappa shape index (κ2) is 7.85. The highest BCUT2D eigenvalue weighted by molar-refractivity contribution is 6.00. The van der Waals surface area contributed by atoms with Crippen LogP contribution in [0.2, 0.25) is 0 Å². The highest BCUT2D eigenvalue weighted by Gasteiger charge is 2.46. The first-order valence-corrected chi connectivity index (χ1v) is 9.86. The highest BCUT2D eigenvalue weighted by atomic mass is 19.3. The summed E-state index contributed by atoms with van der Waals surface area (Å²) in [6, 6.07) is 7.00. The van der Waals surface area contributed by atoms with Crippen molar-refractivity contribution in [3.8, 4) is 5.75 Å². The molecule has 2 unspecified atom stereocenters. The Kier molecular flexibility index (Phi) is 5.31. The van der Waals surface area contributed by atoms with Crippen molar-refractivity contribution in [2.75, 3.05) is 12.0 Å². The van der Waals surface area contributed by atoms with Crippen molar-refractivity contribution in [2.45, 2.75) is 31.4 Å². The molecular weight excluding hydrogens is 425 g/mol. The summed E-state index contributed by atoms with van der Waals surface area (Å²) in [5.74, 6) is -5.95. The number of nitrogens with zero attached hydrogens (tertiary/aromatic N) is 3. The molecule has 0 bridgehead atoms. The largest absolute Gasteiger partial charge is 0.497 e. The van der Waals surface area contributed by atoms with Crippen LogP contribution in [0.25, 0.3) is 10.9 Å². The number of hydrogen-bond donors (Lipinski definition) is 1. The van der Waals surface area contributed by atoms with Gasteiger partial charge in [0, 0.05) is 37.0 Å². The molecule has 32 heavy (non-hydrogen) atoms. The van der Waals surface area contributed by atoms with Crippen LogP contribution < -0.4 is 15.0 Å². The molecule has 0 saturated carbocycles. The number of rotatable bonds is 5. The van der Waals surface area contributed by atoms with Crippen LogP contribution >= 0.6 is 0 Å². The summed E-state index contributed by atoms with van der Waals surface area (Å²) in [6.07, 6.45) is 1.35. The number of methoxy groups -OCH3 is 1. The van der Waals surface area contributed by atoms with Crippen LogP contribution in [-0.4, -0.2) is 40.7 Å². The molecule has 0 radical (unpaired) electrons. The Morgan fingerprint density at radius 1 is 1.25 bits per heavy atom. The first-order chi connectivity index (χ1) is 15.1. The molecule has 1 saturated heterocycles. The Bertz CT molecular complexity index is 1200. The number of anilines is 1. The van der Waals surface area contributed by atoms with Gasteiger partial charge >= 0.3 is 5.92 Å². The quantitative estimate of drug-likeness (QED) is 0.652. The molecular formula is C22H21F3N4O3. The van der Waals surface area contributed by atoms with Gasteiger partial charge < -0.3 is 15.0 Å². The van der Waals surface area contributed by atoms with Crippen molar-refractivity contribution in [1.82, 2.24) is 15.1 Å². The molecule has 1 aromatic heterocycles. The summed E-state index contributed by atoms with van der Waals surface area (Å²) in [5, 5.41) is 7.15. The number of ether oxygens (including phenoxy) is 1. The Balaban J connectivity index is 1.83. The van der Waals surface area contributed by atoms with Gasteiger partial charge in [0.2, 0.25) is 5.91 Å². The van der Waals surface area contributed by atoms with E-state index in [1.807, 2.05) is 0 Å². The molecule has 168 valence electrons. The van der Waals surface area contributed by atoms with E-state index in [1.54, 1.807) is 36.1 Å². The van der Waals surface area contributed by atoms with Gasteiger partial charge in [0.15, 0.2) is 0 Å². The van der Waals surface area contributed by atoms with Gasteiger partial charge in [-0.3, -0.25) is 14.3 Å². The number of benzene rings is 2. The standard InChI is InChI=1S/C22H21F3N4O3/c1-22(24,25)21(31)27-17-10-19(30)29(13-4-7-18-12(8-13)11-26-28(18)2)20(17)15-9-14(32-3)5-6-16(15)23/h4-9,11,17,20H,10H2,1-3H3,(H,27,31). The lowest BCUT2D eigenvalue weighted by atomic mass is 9.98. The predicted molar refractivity (Wildman–Crippen MR) is 111 cm³/mol. The molecule has 0 spiro atoms. The molecule has 0 aliphatic carbocycles. The van der Waals surface area contributed by atoms with E-state index >= 15 is 0 Å². The molecule has 1 fully saturated rings. The lowest BCUT2D eigenvalue weighted by Crippen LogP contribution is -2.46. The SMILES string of the molecule is COc1ccc(F)c(C2C(NC(=O)C(C)(F)F)CC(=O)N2c2ccc3c(cnn3C)c2)c1. The number of alkyl halides is 2. The minimum absolute atomic E-state index is 0.0474. The number of aromatic nitrogens is 2. The Hall–Kier alpha value is -3.56. The molecule has 4 rings (SSSR count). The van der Waals surface area contributed by atoms with Crippen molar-refractivity contribution < 1.29 is 27.5 Å². The predicted octanol–water partition coefficient (Wildman–Crippen LogP) is 3.34. The van der Waals surface area contributed by atoms with Crippen molar-refractivity contribution in [3.05, 3.63) is 54.0 Å². The minimum Gasteiger partial charge on any atom is -0.497 e. The van der Waals surface area contributed by atoms with E-state index in [1.165, 1.54) is 30.2 Å². The number of aryl methyl sites for hydroxylation is 1. The van der Waals surface area contributed by atoms with E-state index in [9.17, 15) is 22.8 Å². The minimum atomic E-state index is -3.65. The maximum atomic E-state index is 14.9. The van der Waals surface area contributed by atoms with E-state index in [4.69, 9.17) is 4.74 Å². The van der Waals surface area contributed by atoms with Crippen molar-refractivity contribution in [2.24, 2.45) is 7.05 Å². The summed E-state index contributed by atoms with van der Waals surface area (Å²) in [5.41, 5.74) is 1.30. The van der Waals surface area contributed by atoms with Crippen LogP contribution in [-0.2, 0) is 16.6 Å². The van der Waals surface area contributed by atoms with Crippen LogP contribution in [0.3, 0.4) is 0 Å². The third-order valence-electron chi connectivity index (χ3n) is 5.57. The van der Waals surface area contributed by atoms with Crippen LogP contribution in [0.15, 0.2) is 42.6 Å². The van der Waals surface area contributed by atoms with Gasteiger partial charge in [0.05, 0.1) is 30.9 Å². The molecule has 2 atom stereocenters. The van der Waals surface area contributed by atoms with Gasteiger partial charge in [-0.25, -0.2) is 4.39 Å². The van der Waals surface area contributed by atoms with E-state index in [0.717, 1.165) is 10.9 Å². The Morgan fingerprint density at radius 2 is 2.00 bits per heavy atom. The number of carbonyl (C=O) groups is 2. The van der Waals surface area contributed by atoms with Crippen LogP contribution in [0.1, 0.15) is 24.9 Å². The normalized spacial score (nSPS) is 18.9. The van der Waals surface area contributed by atoms with E-state index in [2.05, 4.69) is 10.4 Å². The number of nitrogens with one attached hydrogen (secondary N) is 1. The lowest BCUT2D eigenvalue weighted by Gasteiger charge is -2.30. The molecule has 2 amide bonds. The van der Waals surface area contributed by atoms with Crippen molar-refractivity contribution in [3.63, 3.8) is 0 Å². The Labute approximate surface area is 181 Å². The second-order valence-corrected chi connectivity index (χ2v) is 7.78. The summed E-state index contributed by atoms with van der Waals surface area (Å²) in [4.78, 5) is 26.4. The van der Waals surface area contributed by atoms with Gasteiger partial charge in [-0.15, -0.1) is 0 Å². The molecule has 1 aliphatic rings. The van der Waals surface area contributed by atoms with Crippen LogP contribution in [0.5, 0.6) is 5.75 Å². The topological polar surface area (TPSA) is 76.5 Å². The third-order valence-corrected chi connectivity index (χ3v) is 5.57. The van der Waals surface area contributed by atoms with Crippen molar-refractivity contribution in [1.29, 1.82) is 0 Å². The molecule has 1 N–H and O–H groups in total. The van der Waals surface area contributed by atoms with Gasteiger partial charge in [0.25, 0.3) is 5.91 Å². The third kappa shape index (κ3) is 3.76. The Morgan fingerprint density at radius 3 is 2.69 bits per heavy atom. The number of carbonyl (C=O) groups excluding carboxylic acids is 2. The van der Waals surface area contributed by atoms with Gasteiger partial charge in [-0.1, -0.05) is 0 Å². The van der Waals surface area contributed by atoms with E-state index in [-0.39, 0.29) is 12.0 Å². The zero-order valence-electron chi connectivity index (χ0n) is 17.6. The number of hydrogen-bond acceptors (Lipinski definition) is 4. The fraction of sp³-hybridized carbons (Fsp3) is 0.318. The molecule has 2 aromatic carbocycles. The zero-order valence-corrected chi connectivity index (χ0v) is 17.6. The summed E-state index contributed by atoms with van der Waals surface area (Å²) < 4.78 is 48.9. The molecule has 1 aliphatic heterocycles. The lowest BCUT2D eigenvalue weighted by molar-refractivity contribution is -0.143. The number of amides is 2. The fourth-order valence-electron chi connectivity index (χ4n) is 4.00. The zero-order chi connectivity index (χ0) is 23.2. The van der Waals surface area contributed by atoms with E-state index < -0.39 is 35.6 Å². The molecule has 10 heteroatoms. The van der Waals surface area contributed by atoms with Crippen molar-refractivity contribution >= 4 is 28.4 Å². The second-order valence-electron chi connectivity index (χ2n) is 7.78. The van der Waals surface area contributed by atoms with Gasteiger partial charge in [-0.2, -0.15) is 13.9 Å². The smallest absolute Gasteiger partial charge is 0.321 e. The molecule has 2 heterocycles. The summed E-state index contributed by atoms with van der Waals surface area (Å²) in [6.45, 7) is 0.467. The van der Waals surface area contributed by atoms with Crippen LogP contribution in [0.4, 0.5) is 18.9 Å². The van der Waals surface area contributed by atoms with Gasteiger partial charge in [0.1, 0.15) is 11.6 Å². The number of fused-ring (bicyclic) bond motifs is 1.